The Balaban J connectivity index is 1.90. The van der Waals surface area contributed by atoms with Crippen LogP contribution >= 0.6 is 0 Å². The molecular weight excluding hydrogens is 166 g/mol. The second-order valence-corrected chi connectivity index (χ2v) is 4.62. The zero-order chi connectivity index (χ0) is 9.00. The average Bonchev–Trinajstić information content (AvgIpc) is 2.51. The first kappa shape index (κ1) is 7.54. The summed E-state index contributed by atoms with van der Waals surface area (Å²) in [4.78, 5) is 10.1. The molecule has 3 saturated carbocycles. The molecule has 0 aromatic carbocycles. The van der Waals surface area contributed by atoms with Crippen molar-refractivity contribution in [2.75, 3.05) is 0 Å². The minimum atomic E-state index is -0.267. The van der Waals surface area contributed by atoms with Crippen LogP contribution in [0.1, 0.15) is 25.7 Å². The summed E-state index contributed by atoms with van der Waals surface area (Å²) in [5, 5.41) is 10.4. The molecule has 0 spiro atoms. The van der Waals surface area contributed by atoms with Gasteiger partial charge in [0.25, 0.3) is 0 Å². The molecule has 3 aliphatic rings. The van der Waals surface area contributed by atoms with Gasteiger partial charge in [-0.05, 0) is 49.4 Å². The van der Waals surface area contributed by atoms with E-state index in [9.17, 15) is 10.1 Å². The van der Waals surface area contributed by atoms with Gasteiger partial charge in [-0.3, -0.25) is 10.1 Å². The molecule has 0 heterocycles. The largest absolute Gasteiger partial charge is 0.259 e. The summed E-state index contributed by atoms with van der Waals surface area (Å²) >= 11 is 0. The summed E-state index contributed by atoms with van der Waals surface area (Å²) in [6.45, 7) is 0. The van der Waals surface area contributed by atoms with Gasteiger partial charge in [0.1, 0.15) is 0 Å². The first-order valence-corrected chi connectivity index (χ1v) is 5.12. The fourth-order valence-electron chi connectivity index (χ4n) is 3.89. The van der Waals surface area contributed by atoms with E-state index in [2.05, 4.69) is 0 Å². The molecule has 3 fully saturated rings. The van der Waals surface area contributed by atoms with E-state index < -0.39 is 0 Å². The van der Waals surface area contributed by atoms with Gasteiger partial charge in [-0.1, -0.05) is 0 Å². The maximum atomic E-state index is 10.4. The van der Waals surface area contributed by atoms with Crippen LogP contribution in [0.2, 0.25) is 0 Å². The minimum Gasteiger partial charge on any atom is -0.259 e. The van der Waals surface area contributed by atoms with Gasteiger partial charge in [0.2, 0.25) is 6.20 Å². The number of hydrogen-bond donors (Lipinski definition) is 0. The van der Waals surface area contributed by atoms with Gasteiger partial charge in [0.15, 0.2) is 0 Å². The molecule has 0 aromatic heterocycles. The molecule has 70 valence electrons. The van der Waals surface area contributed by atoms with Crippen molar-refractivity contribution < 1.29 is 4.92 Å². The lowest BCUT2D eigenvalue weighted by Crippen LogP contribution is -2.34. The van der Waals surface area contributed by atoms with Gasteiger partial charge in [-0.25, -0.2) is 0 Å². The third-order valence-electron chi connectivity index (χ3n) is 4.28. The molecule has 3 rings (SSSR count). The maximum absolute atomic E-state index is 10.4. The predicted octanol–water partition coefficient (Wildman–Crippen LogP) is 2.21. The first-order valence-electron chi connectivity index (χ1n) is 5.12. The normalized spacial score (nSPS) is 49.1. The number of nitro groups is 1. The van der Waals surface area contributed by atoms with Crippen molar-refractivity contribution >= 4 is 0 Å². The molecule has 0 bridgehead atoms. The minimum absolute atomic E-state index is 0.267. The highest BCUT2D eigenvalue weighted by Crippen LogP contribution is 2.64. The molecule has 3 nitrogen and oxygen atoms in total. The van der Waals surface area contributed by atoms with E-state index >= 15 is 0 Å². The smallest absolute Gasteiger partial charge is 0.234 e. The van der Waals surface area contributed by atoms with Crippen LogP contribution in [0, 0.1) is 33.8 Å². The van der Waals surface area contributed by atoms with Gasteiger partial charge in [-0.2, -0.15) is 0 Å². The molecule has 0 aliphatic heterocycles. The molecule has 3 aliphatic carbocycles. The maximum Gasteiger partial charge on any atom is 0.234 e. The highest BCUT2D eigenvalue weighted by molar-refractivity contribution is 5.27. The van der Waals surface area contributed by atoms with E-state index in [1.807, 2.05) is 0 Å². The summed E-state index contributed by atoms with van der Waals surface area (Å²) in [6.07, 6.45) is 6.36. The standard InChI is InChI=1S/C10H13NO2/c12-11(13)5-9-7-3-1-6-2-4-8(9)10(6)7/h5-8,10H,1-4H2/b9-5-/t6?,7-,8+,10-/m0/s1. The Morgan fingerprint density at radius 1 is 1.23 bits per heavy atom. The van der Waals surface area contributed by atoms with Crippen LogP contribution in [0.15, 0.2) is 11.8 Å². The second-order valence-electron chi connectivity index (χ2n) is 4.62. The zero-order valence-corrected chi connectivity index (χ0v) is 7.48. The molecule has 4 atom stereocenters. The molecular formula is C10H13NO2. The average molecular weight is 179 g/mol. The Morgan fingerprint density at radius 3 is 2.38 bits per heavy atom. The number of allylic oxidation sites excluding steroid dienone is 1. The molecule has 1 unspecified atom stereocenters. The van der Waals surface area contributed by atoms with Crippen LogP contribution in [0.4, 0.5) is 0 Å². The van der Waals surface area contributed by atoms with Crippen molar-refractivity contribution in [1.29, 1.82) is 0 Å². The summed E-state index contributed by atoms with van der Waals surface area (Å²) in [6, 6.07) is 0. The molecule has 0 N–H and O–H groups in total. The lowest BCUT2D eigenvalue weighted by Gasteiger charge is -2.39. The molecule has 3 heteroatoms. The monoisotopic (exact) mass is 179 g/mol. The van der Waals surface area contributed by atoms with Crippen LogP contribution < -0.4 is 0 Å². The van der Waals surface area contributed by atoms with E-state index in [-0.39, 0.29) is 4.92 Å². The predicted molar refractivity (Wildman–Crippen MR) is 47.5 cm³/mol. The van der Waals surface area contributed by atoms with Gasteiger partial charge in [0.05, 0.1) is 4.92 Å². The summed E-state index contributed by atoms with van der Waals surface area (Å²) in [5.74, 6) is 2.95. The van der Waals surface area contributed by atoms with E-state index in [1.54, 1.807) is 0 Å². The van der Waals surface area contributed by atoms with E-state index in [4.69, 9.17) is 0 Å². The summed E-state index contributed by atoms with van der Waals surface area (Å²) < 4.78 is 0. The van der Waals surface area contributed by atoms with Gasteiger partial charge >= 0.3 is 0 Å². The lowest BCUT2D eigenvalue weighted by atomic mass is 9.64. The molecule has 0 amide bonds. The fraction of sp³-hybridized carbons (Fsp3) is 0.800. The number of nitrogens with zero attached hydrogens (tertiary/aromatic N) is 1. The third-order valence-corrected chi connectivity index (χ3v) is 4.28. The second kappa shape index (κ2) is 2.34. The highest BCUT2D eigenvalue weighted by Gasteiger charge is 2.57. The Kier molecular flexibility index (Phi) is 1.35. The SMILES string of the molecule is O=[N+]([O-])/C=C1\[C@H]2CCC3CC[C@@H]1[C@H]32. The van der Waals surface area contributed by atoms with Crippen LogP contribution in [-0.2, 0) is 0 Å². The molecule has 0 saturated heterocycles. The lowest BCUT2D eigenvalue weighted by molar-refractivity contribution is -0.405. The van der Waals surface area contributed by atoms with Gasteiger partial charge in [-0.15, -0.1) is 0 Å². The molecule has 0 aromatic rings. The topological polar surface area (TPSA) is 43.1 Å². The Bertz CT molecular complexity index is 279. The summed E-state index contributed by atoms with van der Waals surface area (Å²) in [5.41, 5.74) is 1.16. The van der Waals surface area contributed by atoms with Crippen molar-refractivity contribution in [2.45, 2.75) is 25.7 Å². The quantitative estimate of drug-likeness (QED) is 0.457. The van der Waals surface area contributed by atoms with Gasteiger partial charge < -0.3 is 0 Å². The van der Waals surface area contributed by atoms with Crippen LogP contribution in [0.3, 0.4) is 0 Å². The van der Waals surface area contributed by atoms with Crippen molar-refractivity contribution in [3.8, 4) is 0 Å². The molecule has 13 heavy (non-hydrogen) atoms. The zero-order valence-electron chi connectivity index (χ0n) is 7.48. The molecule has 0 radical (unpaired) electrons. The highest BCUT2D eigenvalue weighted by atomic mass is 16.6. The van der Waals surface area contributed by atoms with Crippen LogP contribution in [-0.4, -0.2) is 4.92 Å². The van der Waals surface area contributed by atoms with Crippen LogP contribution in [0.5, 0.6) is 0 Å². The van der Waals surface area contributed by atoms with Crippen molar-refractivity contribution in [3.05, 3.63) is 21.9 Å². The van der Waals surface area contributed by atoms with Gasteiger partial charge in [0, 0.05) is 5.57 Å². The third kappa shape index (κ3) is 0.847. The van der Waals surface area contributed by atoms with Crippen molar-refractivity contribution in [3.63, 3.8) is 0 Å². The Labute approximate surface area is 77.0 Å². The summed E-state index contributed by atoms with van der Waals surface area (Å²) in [7, 11) is 0. The van der Waals surface area contributed by atoms with E-state index in [1.165, 1.54) is 31.9 Å². The van der Waals surface area contributed by atoms with E-state index in [0.717, 1.165) is 17.4 Å². The van der Waals surface area contributed by atoms with Crippen molar-refractivity contribution in [2.24, 2.45) is 23.7 Å². The first-order chi connectivity index (χ1) is 6.27. The van der Waals surface area contributed by atoms with Crippen LogP contribution in [0.25, 0.3) is 0 Å². The van der Waals surface area contributed by atoms with Crippen molar-refractivity contribution in [1.82, 2.24) is 0 Å². The Morgan fingerprint density at radius 2 is 1.85 bits per heavy atom. The fourth-order valence-corrected chi connectivity index (χ4v) is 3.89. The number of hydrogen-bond acceptors (Lipinski definition) is 2. The van der Waals surface area contributed by atoms with E-state index in [0.29, 0.717) is 11.8 Å². The Hall–Kier alpha value is -0.860. The number of rotatable bonds is 1.